The number of ether oxygens (including phenoxy) is 1. The number of aryl methyl sites for hydroxylation is 1. The molecular formula is C23H26N2O5S. The minimum atomic E-state index is -3.79. The molecule has 7 nitrogen and oxygen atoms in total. The van der Waals surface area contributed by atoms with Crippen LogP contribution in [-0.4, -0.2) is 56.2 Å². The van der Waals surface area contributed by atoms with Crippen molar-refractivity contribution in [2.75, 3.05) is 26.0 Å². The maximum absolute atomic E-state index is 13.4. The Morgan fingerprint density at radius 2 is 1.58 bits per heavy atom. The van der Waals surface area contributed by atoms with Gasteiger partial charge >= 0.3 is 0 Å². The van der Waals surface area contributed by atoms with Gasteiger partial charge in [0.25, 0.3) is 11.8 Å². The van der Waals surface area contributed by atoms with Crippen LogP contribution in [0.3, 0.4) is 0 Å². The van der Waals surface area contributed by atoms with Gasteiger partial charge in [0.15, 0.2) is 9.84 Å². The zero-order valence-electron chi connectivity index (χ0n) is 17.7. The lowest BCUT2D eigenvalue weighted by Gasteiger charge is -2.31. The molecule has 2 aromatic carbocycles. The molecule has 1 heterocycles. The molecule has 0 radical (unpaired) electrons. The number of methoxy groups -OCH3 is 1. The van der Waals surface area contributed by atoms with Crippen LogP contribution in [0.5, 0.6) is 5.75 Å². The van der Waals surface area contributed by atoms with Crippen LogP contribution in [0.25, 0.3) is 0 Å². The Hall–Kier alpha value is -2.87. The van der Waals surface area contributed by atoms with Crippen LogP contribution in [0.15, 0.2) is 53.4 Å². The van der Waals surface area contributed by atoms with Gasteiger partial charge in [-0.25, -0.2) is 8.42 Å². The Balaban J connectivity index is 1.51. The van der Waals surface area contributed by atoms with Gasteiger partial charge in [0.05, 0.1) is 17.4 Å². The number of rotatable bonds is 6. The molecule has 0 atom stereocenters. The Morgan fingerprint density at radius 1 is 0.968 bits per heavy atom. The van der Waals surface area contributed by atoms with E-state index in [-0.39, 0.29) is 10.8 Å². The summed E-state index contributed by atoms with van der Waals surface area (Å²) in [5.74, 6) is -0.658. The number of carbonyl (C=O) groups excluding carboxylic acids is 2. The van der Waals surface area contributed by atoms with E-state index in [4.69, 9.17) is 4.74 Å². The molecule has 164 valence electrons. The van der Waals surface area contributed by atoms with Gasteiger partial charge in [-0.05, 0) is 56.0 Å². The van der Waals surface area contributed by atoms with Gasteiger partial charge < -0.3 is 4.74 Å². The maximum atomic E-state index is 13.4. The van der Waals surface area contributed by atoms with Crippen LogP contribution in [0.4, 0.5) is 0 Å². The highest BCUT2D eigenvalue weighted by molar-refractivity contribution is 7.92. The average molecular weight is 443 g/mol. The first-order chi connectivity index (χ1) is 14.8. The Morgan fingerprint density at radius 3 is 2.16 bits per heavy atom. The zero-order chi connectivity index (χ0) is 22.2. The zero-order valence-corrected chi connectivity index (χ0v) is 18.5. The van der Waals surface area contributed by atoms with Crippen molar-refractivity contribution in [1.29, 1.82) is 0 Å². The van der Waals surface area contributed by atoms with Crippen molar-refractivity contribution < 1.29 is 22.7 Å². The van der Waals surface area contributed by atoms with Crippen molar-refractivity contribution in [3.63, 3.8) is 0 Å². The van der Waals surface area contributed by atoms with Gasteiger partial charge in [-0.1, -0.05) is 29.8 Å². The first-order valence-electron chi connectivity index (χ1n) is 10.3. The number of sulfone groups is 1. The second-order valence-corrected chi connectivity index (χ2v) is 10.2. The fourth-order valence-electron chi connectivity index (χ4n) is 4.06. The topological polar surface area (TPSA) is 84.0 Å². The van der Waals surface area contributed by atoms with Crippen molar-refractivity contribution in [3.05, 3.63) is 59.7 Å². The van der Waals surface area contributed by atoms with E-state index in [0.29, 0.717) is 38.1 Å². The van der Waals surface area contributed by atoms with Crippen LogP contribution in [0.2, 0.25) is 0 Å². The molecule has 1 aliphatic heterocycles. The van der Waals surface area contributed by atoms with E-state index < -0.39 is 26.9 Å². The molecule has 1 saturated carbocycles. The van der Waals surface area contributed by atoms with Crippen LogP contribution >= 0.6 is 0 Å². The number of amides is 2. The van der Waals surface area contributed by atoms with Crippen LogP contribution in [0, 0.1) is 6.92 Å². The minimum absolute atomic E-state index is 0.111. The standard InChI is InChI=1S/C23H26N2O5S/c1-17-4-10-20(11-5-17)31(28,29)16-21(26)24-14-3-15-25(24)22(27)23(12-13-23)18-6-8-19(30-2)9-7-18/h4-11H,3,12-16H2,1-2H3. The lowest BCUT2D eigenvalue weighted by molar-refractivity contribution is -0.158. The Labute approximate surface area is 182 Å². The summed E-state index contributed by atoms with van der Waals surface area (Å²) in [6.45, 7) is 2.62. The summed E-state index contributed by atoms with van der Waals surface area (Å²) >= 11 is 0. The second-order valence-electron chi connectivity index (χ2n) is 8.18. The normalized spacial score (nSPS) is 17.5. The highest BCUT2D eigenvalue weighted by Crippen LogP contribution is 2.50. The molecule has 31 heavy (non-hydrogen) atoms. The van der Waals surface area contributed by atoms with Gasteiger partial charge in [0, 0.05) is 13.1 Å². The molecule has 0 unspecified atom stereocenters. The lowest BCUT2D eigenvalue weighted by Crippen LogP contribution is -2.50. The summed E-state index contributed by atoms with van der Waals surface area (Å²) in [6.07, 6.45) is 2.04. The summed E-state index contributed by atoms with van der Waals surface area (Å²) in [5.41, 5.74) is 1.19. The number of hydrogen-bond acceptors (Lipinski definition) is 5. The molecule has 0 spiro atoms. The summed E-state index contributed by atoms with van der Waals surface area (Å²) in [7, 11) is -2.20. The first-order valence-corrected chi connectivity index (χ1v) is 12.0. The number of benzene rings is 2. The number of nitrogens with zero attached hydrogens (tertiary/aromatic N) is 2. The number of hydrogen-bond donors (Lipinski definition) is 0. The molecule has 2 fully saturated rings. The maximum Gasteiger partial charge on any atom is 0.256 e. The molecule has 0 N–H and O–H groups in total. The fourth-order valence-corrected chi connectivity index (χ4v) is 5.25. The highest BCUT2D eigenvalue weighted by Gasteiger charge is 2.55. The van der Waals surface area contributed by atoms with Crippen molar-refractivity contribution in [1.82, 2.24) is 10.0 Å². The summed E-state index contributed by atoms with van der Waals surface area (Å²) in [4.78, 5) is 26.5. The third kappa shape index (κ3) is 4.04. The van der Waals surface area contributed by atoms with Gasteiger partial charge in [0.2, 0.25) is 0 Å². The van der Waals surface area contributed by atoms with Crippen LogP contribution in [0.1, 0.15) is 30.4 Å². The average Bonchev–Trinajstić information content (AvgIpc) is 3.42. The smallest absolute Gasteiger partial charge is 0.256 e. The quantitative estimate of drug-likeness (QED) is 0.686. The molecule has 8 heteroatoms. The predicted octanol–water partition coefficient (Wildman–Crippen LogP) is 2.49. The van der Waals surface area contributed by atoms with Crippen molar-refractivity contribution in [2.45, 2.75) is 36.5 Å². The number of carbonyl (C=O) groups is 2. The van der Waals surface area contributed by atoms with E-state index in [1.165, 1.54) is 22.2 Å². The summed E-state index contributed by atoms with van der Waals surface area (Å²) in [5, 5.41) is 2.77. The molecule has 2 aliphatic rings. The molecule has 2 amide bonds. The molecule has 1 saturated heterocycles. The third-order valence-corrected chi connectivity index (χ3v) is 7.67. The minimum Gasteiger partial charge on any atom is -0.497 e. The monoisotopic (exact) mass is 442 g/mol. The van der Waals surface area contributed by atoms with Crippen molar-refractivity contribution in [2.24, 2.45) is 0 Å². The molecule has 4 rings (SSSR count). The summed E-state index contributed by atoms with van der Waals surface area (Å²) in [6, 6.07) is 13.8. The molecular weight excluding hydrogens is 416 g/mol. The van der Waals surface area contributed by atoms with Gasteiger partial charge in [-0.15, -0.1) is 0 Å². The first kappa shape index (κ1) is 21.4. The number of hydrazine groups is 1. The predicted molar refractivity (Wildman–Crippen MR) is 115 cm³/mol. The summed E-state index contributed by atoms with van der Waals surface area (Å²) < 4.78 is 30.6. The fraction of sp³-hybridized carbons (Fsp3) is 0.391. The van der Waals surface area contributed by atoms with Gasteiger partial charge in [-0.3, -0.25) is 19.6 Å². The van der Waals surface area contributed by atoms with Gasteiger partial charge in [0.1, 0.15) is 11.5 Å². The van der Waals surface area contributed by atoms with Crippen molar-refractivity contribution in [3.8, 4) is 5.75 Å². The molecule has 1 aliphatic carbocycles. The highest BCUT2D eigenvalue weighted by atomic mass is 32.2. The van der Waals surface area contributed by atoms with E-state index in [1.54, 1.807) is 19.2 Å². The largest absolute Gasteiger partial charge is 0.497 e. The molecule has 2 aromatic rings. The Kier molecular flexibility index (Phi) is 5.51. The lowest BCUT2D eigenvalue weighted by atomic mass is 9.94. The molecule has 0 bridgehead atoms. The molecule has 0 aromatic heterocycles. The van der Waals surface area contributed by atoms with Crippen LogP contribution in [-0.2, 0) is 24.8 Å². The van der Waals surface area contributed by atoms with E-state index in [1.807, 2.05) is 31.2 Å². The van der Waals surface area contributed by atoms with E-state index in [2.05, 4.69) is 0 Å². The third-order valence-electron chi connectivity index (χ3n) is 6.05. The van der Waals surface area contributed by atoms with E-state index >= 15 is 0 Å². The second kappa shape index (κ2) is 8.00. The van der Waals surface area contributed by atoms with E-state index in [9.17, 15) is 18.0 Å². The SMILES string of the molecule is COc1ccc(C2(C(=O)N3CCCN3C(=O)CS(=O)(=O)c3ccc(C)cc3)CC2)cc1. The van der Waals surface area contributed by atoms with Crippen LogP contribution < -0.4 is 4.74 Å². The van der Waals surface area contributed by atoms with Crippen molar-refractivity contribution >= 4 is 21.7 Å². The Bertz CT molecular complexity index is 1090. The van der Waals surface area contributed by atoms with Gasteiger partial charge in [-0.2, -0.15) is 0 Å². The van der Waals surface area contributed by atoms with E-state index in [0.717, 1.165) is 11.1 Å².